The van der Waals surface area contributed by atoms with E-state index in [4.69, 9.17) is 11.6 Å². The summed E-state index contributed by atoms with van der Waals surface area (Å²) in [6.45, 7) is -0.0698. The molecule has 2 rings (SSSR count). The number of nitrogens with one attached hydrogen (secondary N) is 1. The van der Waals surface area contributed by atoms with Crippen molar-refractivity contribution in [2.75, 3.05) is 0 Å². The quantitative estimate of drug-likeness (QED) is 0.857. The van der Waals surface area contributed by atoms with Crippen LogP contribution >= 0.6 is 11.6 Å². The van der Waals surface area contributed by atoms with Crippen LogP contribution in [0.2, 0.25) is 0 Å². The van der Waals surface area contributed by atoms with E-state index in [-0.39, 0.29) is 18.0 Å². The number of benzene rings is 2. The summed E-state index contributed by atoms with van der Waals surface area (Å²) in [5.74, 6) is -1.07. The Bertz CT molecular complexity index is 614. The Labute approximate surface area is 120 Å². The molecule has 104 valence electrons. The summed E-state index contributed by atoms with van der Waals surface area (Å²) in [5, 5.41) is 2.54. The minimum absolute atomic E-state index is 0.0698. The standard InChI is InChI=1S/C15H12ClF2NO/c16-8-10-1-3-11(4-2-10)15(20)19-9-12-7-13(17)5-6-14(12)18/h1-7H,8-9H2,(H,19,20). The molecule has 0 saturated carbocycles. The molecule has 0 aliphatic heterocycles. The van der Waals surface area contributed by atoms with E-state index in [9.17, 15) is 13.6 Å². The Morgan fingerprint density at radius 1 is 1.10 bits per heavy atom. The molecule has 0 spiro atoms. The smallest absolute Gasteiger partial charge is 0.251 e. The second-order valence-corrected chi connectivity index (χ2v) is 4.52. The molecule has 1 N–H and O–H groups in total. The largest absolute Gasteiger partial charge is 0.348 e. The molecule has 1 amide bonds. The SMILES string of the molecule is O=C(NCc1cc(F)ccc1F)c1ccc(CCl)cc1. The molecule has 0 radical (unpaired) electrons. The van der Waals surface area contributed by atoms with E-state index in [1.165, 1.54) is 0 Å². The van der Waals surface area contributed by atoms with Crippen molar-refractivity contribution in [3.8, 4) is 0 Å². The van der Waals surface area contributed by atoms with Gasteiger partial charge in [-0.25, -0.2) is 8.78 Å². The van der Waals surface area contributed by atoms with E-state index < -0.39 is 11.6 Å². The Kier molecular flexibility index (Phi) is 4.69. The van der Waals surface area contributed by atoms with Crippen molar-refractivity contribution in [3.63, 3.8) is 0 Å². The van der Waals surface area contributed by atoms with Crippen molar-refractivity contribution in [1.29, 1.82) is 0 Å². The number of hydrogen-bond donors (Lipinski definition) is 1. The number of hydrogen-bond acceptors (Lipinski definition) is 1. The normalized spacial score (nSPS) is 10.3. The van der Waals surface area contributed by atoms with Gasteiger partial charge in [-0.3, -0.25) is 4.79 Å². The molecule has 5 heteroatoms. The Hall–Kier alpha value is -1.94. The van der Waals surface area contributed by atoms with Crippen LogP contribution in [-0.2, 0) is 12.4 Å². The van der Waals surface area contributed by atoms with E-state index >= 15 is 0 Å². The summed E-state index contributed by atoms with van der Waals surface area (Å²) < 4.78 is 26.4. The second-order valence-electron chi connectivity index (χ2n) is 4.25. The van der Waals surface area contributed by atoms with E-state index in [1.807, 2.05) is 0 Å². The molecular formula is C15H12ClF2NO. The van der Waals surface area contributed by atoms with E-state index in [0.29, 0.717) is 11.4 Å². The van der Waals surface area contributed by atoms with Crippen LogP contribution in [0.4, 0.5) is 8.78 Å². The van der Waals surface area contributed by atoms with Crippen molar-refractivity contribution >= 4 is 17.5 Å². The summed E-state index contributed by atoms with van der Waals surface area (Å²) in [4.78, 5) is 11.9. The van der Waals surface area contributed by atoms with Gasteiger partial charge in [0.15, 0.2) is 0 Å². The van der Waals surface area contributed by atoms with Crippen LogP contribution in [-0.4, -0.2) is 5.91 Å². The van der Waals surface area contributed by atoms with Gasteiger partial charge in [0.25, 0.3) is 5.91 Å². The van der Waals surface area contributed by atoms with Gasteiger partial charge >= 0.3 is 0 Å². The van der Waals surface area contributed by atoms with Crippen LogP contribution in [0.3, 0.4) is 0 Å². The molecule has 0 atom stereocenters. The maximum Gasteiger partial charge on any atom is 0.251 e. The molecule has 0 aliphatic rings. The fourth-order valence-corrected chi connectivity index (χ4v) is 1.88. The fourth-order valence-electron chi connectivity index (χ4n) is 1.70. The first kappa shape index (κ1) is 14.5. The molecule has 2 nitrogen and oxygen atoms in total. The number of carbonyl (C=O) groups is 1. The summed E-state index contributed by atoms with van der Waals surface area (Å²) in [6, 6.07) is 9.88. The summed E-state index contributed by atoms with van der Waals surface area (Å²) in [5.41, 5.74) is 1.45. The predicted molar refractivity (Wildman–Crippen MR) is 73.5 cm³/mol. The zero-order valence-electron chi connectivity index (χ0n) is 10.5. The van der Waals surface area contributed by atoms with Gasteiger partial charge in [0.1, 0.15) is 11.6 Å². The minimum atomic E-state index is -0.552. The lowest BCUT2D eigenvalue weighted by atomic mass is 10.1. The highest BCUT2D eigenvalue weighted by molar-refractivity contribution is 6.17. The molecule has 0 aliphatic carbocycles. The van der Waals surface area contributed by atoms with Crippen molar-refractivity contribution < 1.29 is 13.6 Å². The highest BCUT2D eigenvalue weighted by Crippen LogP contribution is 2.10. The van der Waals surface area contributed by atoms with Gasteiger partial charge in [-0.05, 0) is 35.9 Å². The van der Waals surface area contributed by atoms with Gasteiger partial charge in [0, 0.05) is 23.6 Å². The van der Waals surface area contributed by atoms with Crippen LogP contribution in [0.5, 0.6) is 0 Å². The Morgan fingerprint density at radius 3 is 2.45 bits per heavy atom. The molecule has 0 bridgehead atoms. The molecule has 2 aromatic carbocycles. The van der Waals surface area contributed by atoms with Crippen LogP contribution < -0.4 is 5.32 Å². The number of alkyl halides is 1. The van der Waals surface area contributed by atoms with Crippen molar-refractivity contribution in [1.82, 2.24) is 5.32 Å². The third kappa shape index (κ3) is 3.54. The zero-order chi connectivity index (χ0) is 14.5. The average molecular weight is 296 g/mol. The highest BCUT2D eigenvalue weighted by Gasteiger charge is 2.08. The Morgan fingerprint density at radius 2 is 1.80 bits per heavy atom. The summed E-state index contributed by atoms with van der Waals surface area (Å²) >= 11 is 5.65. The van der Waals surface area contributed by atoms with Gasteiger partial charge < -0.3 is 5.32 Å². The molecule has 0 heterocycles. The van der Waals surface area contributed by atoms with Crippen LogP contribution in [0.15, 0.2) is 42.5 Å². The molecular weight excluding hydrogens is 284 g/mol. The molecule has 20 heavy (non-hydrogen) atoms. The molecule has 0 unspecified atom stereocenters. The van der Waals surface area contributed by atoms with E-state index in [2.05, 4.69) is 5.32 Å². The molecule has 2 aromatic rings. The molecule has 0 aromatic heterocycles. The minimum Gasteiger partial charge on any atom is -0.348 e. The summed E-state index contributed by atoms with van der Waals surface area (Å²) in [6.07, 6.45) is 0. The third-order valence-electron chi connectivity index (χ3n) is 2.82. The van der Waals surface area contributed by atoms with Gasteiger partial charge in [-0.15, -0.1) is 11.6 Å². The highest BCUT2D eigenvalue weighted by atomic mass is 35.5. The number of rotatable bonds is 4. The number of carbonyl (C=O) groups excluding carboxylic acids is 1. The predicted octanol–water partition coefficient (Wildman–Crippen LogP) is 3.63. The van der Waals surface area contributed by atoms with E-state index in [1.54, 1.807) is 24.3 Å². The monoisotopic (exact) mass is 295 g/mol. The lowest BCUT2D eigenvalue weighted by Gasteiger charge is -2.07. The van der Waals surface area contributed by atoms with Crippen molar-refractivity contribution in [2.45, 2.75) is 12.4 Å². The maximum absolute atomic E-state index is 13.4. The van der Waals surface area contributed by atoms with E-state index in [0.717, 1.165) is 23.8 Å². The number of halogens is 3. The fraction of sp³-hybridized carbons (Fsp3) is 0.133. The Balaban J connectivity index is 2.02. The summed E-state index contributed by atoms with van der Waals surface area (Å²) in [7, 11) is 0. The zero-order valence-corrected chi connectivity index (χ0v) is 11.3. The van der Waals surface area contributed by atoms with Gasteiger partial charge in [-0.1, -0.05) is 12.1 Å². The third-order valence-corrected chi connectivity index (χ3v) is 3.13. The average Bonchev–Trinajstić information content (AvgIpc) is 2.48. The van der Waals surface area contributed by atoms with Crippen LogP contribution in [0.1, 0.15) is 21.5 Å². The maximum atomic E-state index is 13.4. The van der Waals surface area contributed by atoms with Crippen molar-refractivity contribution in [3.05, 3.63) is 70.8 Å². The van der Waals surface area contributed by atoms with Crippen LogP contribution in [0, 0.1) is 11.6 Å². The first-order valence-corrected chi connectivity index (χ1v) is 6.50. The first-order chi connectivity index (χ1) is 9.60. The van der Waals surface area contributed by atoms with Crippen LogP contribution in [0.25, 0.3) is 0 Å². The lowest BCUT2D eigenvalue weighted by Crippen LogP contribution is -2.23. The molecule has 0 fully saturated rings. The second kappa shape index (κ2) is 6.48. The number of amides is 1. The van der Waals surface area contributed by atoms with Gasteiger partial charge in [0.05, 0.1) is 0 Å². The van der Waals surface area contributed by atoms with Gasteiger partial charge in [0.2, 0.25) is 0 Å². The lowest BCUT2D eigenvalue weighted by molar-refractivity contribution is 0.0950. The van der Waals surface area contributed by atoms with Crippen molar-refractivity contribution in [2.24, 2.45) is 0 Å². The topological polar surface area (TPSA) is 29.1 Å². The first-order valence-electron chi connectivity index (χ1n) is 5.97. The molecule has 0 saturated heterocycles. The van der Waals surface area contributed by atoms with Gasteiger partial charge in [-0.2, -0.15) is 0 Å².